The van der Waals surface area contributed by atoms with E-state index >= 15 is 0 Å². The Morgan fingerprint density at radius 3 is 2.27 bits per heavy atom. The monoisotopic (exact) mass is 362 g/mol. The van der Waals surface area contributed by atoms with E-state index in [-0.39, 0.29) is 0 Å². The second-order valence-electron chi connectivity index (χ2n) is 6.55. The zero-order valence-corrected chi connectivity index (χ0v) is 16.4. The number of benzene rings is 2. The fourth-order valence-corrected chi connectivity index (χ4v) is 3.30. The molecule has 2 aromatic carbocycles. The molecule has 0 radical (unpaired) electrons. The molecule has 0 bridgehead atoms. The molecule has 0 fully saturated rings. The first-order valence-corrected chi connectivity index (χ1v) is 8.99. The quantitative estimate of drug-likeness (QED) is 0.682. The molecule has 0 atom stereocenters. The van der Waals surface area contributed by atoms with E-state index < -0.39 is 0 Å². The van der Waals surface area contributed by atoms with Crippen LogP contribution in [0.5, 0.6) is 0 Å². The van der Waals surface area contributed by atoms with Gasteiger partial charge in [-0.25, -0.2) is 0 Å². The van der Waals surface area contributed by atoms with Gasteiger partial charge in [0.2, 0.25) is 0 Å². The number of allylic oxidation sites excluding steroid dienone is 5. The molecule has 0 unspecified atom stereocenters. The molecule has 0 aliphatic heterocycles. The Morgan fingerprint density at radius 2 is 1.69 bits per heavy atom. The second-order valence-corrected chi connectivity index (χ2v) is 6.99. The third kappa shape index (κ3) is 3.81. The van der Waals surface area contributed by atoms with E-state index in [2.05, 4.69) is 67.3 Å². The highest BCUT2D eigenvalue weighted by molar-refractivity contribution is 6.30. The van der Waals surface area contributed by atoms with Gasteiger partial charge in [0.25, 0.3) is 0 Å². The zero-order chi connectivity index (χ0) is 18.7. The number of anilines is 1. The normalized spacial score (nSPS) is 13.1. The number of nitrogens with zero attached hydrogens (tertiary/aromatic N) is 2. The number of hydrogen-bond donors (Lipinski definition) is 0. The minimum Gasteiger partial charge on any atom is -0.378 e. The largest absolute Gasteiger partial charge is 0.378 e. The predicted molar refractivity (Wildman–Crippen MR) is 115 cm³/mol. The summed E-state index contributed by atoms with van der Waals surface area (Å²) >= 11 is 6.28. The Bertz CT molecular complexity index is 928. The summed E-state index contributed by atoms with van der Waals surface area (Å²) in [5, 5.41) is 0.739. The smallest absolute Gasteiger partial charge is 0.0571 e. The molecular weight excluding hydrogens is 340 g/mol. The van der Waals surface area contributed by atoms with E-state index in [0.717, 1.165) is 21.9 Å². The zero-order valence-electron chi connectivity index (χ0n) is 15.6. The van der Waals surface area contributed by atoms with Crippen molar-refractivity contribution in [2.45, 2.75) is 6.92 Å². The lowest BCUT2D eigenvalue weighted by atomic mass is 9.88. The summed E-state index contributed by atoms with van der Waals surface area (Å²) in [7, 11) is 5.92. The van der Waals surface area contributed by atoms with Crippen LogP contribution < -0.4 is 4.90 Å². The molecule has 2 nitrogen and oxygen atoms in total. The van der Waals surface area contributed by atoms with Crippen molar-refractivity contribution in [3.63, 3.8) is 0 Å². The summed E-state index contributed by atoms with van der Waals surface area (Å²) in [5.41, 5.74) is 8.04. The maximum absolute atomic E-state index is 6.28. The highest BCUT2D eigenvalue weighted by Gasteiger charge is 2.14. The first-order valence-electron chi connectivity index (χ1n) is 8.61. The van der Waals surface area contributed by atoms with Crippen LogP contribution in [-0.2, 0) is 0 Å². The number of halogens is 1. The highest BCUT2D eigenvalue weighted by atomic mass is 35.5. The number of aryl methyl sites for hydroxylation is 1. The van der Waals surface area contributed by atoms with E-state index in [0.29, 0.717) is 0 Å². The summed E-state index contributed by atoms with van der Waals surface area (Å²) in [5.74, 6) is 0. The van der Waals surface area contributed by atoms with Crippen LogP contribution in [0, 0.1) is 6.92 Å². The maximum Gasteiger partial charge on any atom is 0.0571 e. The van der Waals surface area contributed by atoms with Crippen molar-refractivity contribution < 1.29 is 0 Å². The lowest BCUT2D eigenvalue weighted by Gasteiger charge is -2.19. The van der Waals surface area contributed by atoms with E-state index in [9.17, 15) is 0 Å². The van der Waals surface area contributed by atoms with Gasteiger partial charge in [0.1, 0.15) is 0 Å². The van der Waals surface area contributed by atoms with Crippen LogP contribution in [0.25, 0.3) is 5.57 Å². The molecular formula is C23H23ClN2. The summed E-state index contributed by atoms with van der Waals surface area (Å²) in [6.07, 6.45) is 8.34. The summed E-state index contributed by atoms with van der Waals surface area (Å²) in [6, 6.07) is 14.6. The lowest BCUT2D eigenvalue weighted by Crippen LogP contribution is -2.09. The third-order valence-corrected chi connectivity index (χ3v) is 4.76. The molecule has 0 saturated heterocycles. The van der Waals surface area contributed by atoms with Crippen LogP contribution in [0.4, 0.5) is 5.69 Å². The molecule has 0 amide bonds. The van der Waals surface area contributed by atoms with Gasteiger partial charge in [-0.15, -0.1) is 0 Å². The Labute approximate surface area is 160 Å². The first kappa shape index (κ1) is 18.2. The SMILES string of the molecule is CN=C1C=CC(=C(c2cccc(Cl)c2)c2ccc(N(C)C)cc2C)C=C1. The van der Waals surface area contributed by atoms with Gasteiger partial charge in [0.05, 0.1) is 5.71 Å². The van der Waals surface area contributed by atoms with Gasteiger partial charge in [-0.3, -0.25) is 4.99 Å². The number of hydrogen-bond acceptors (Lipinski definition) is 2. The molecule has 0 spiro atoms. The molecule has 0 aromatic heterocycles. The minimum absolute atomic E-state index is 0.739. The molecule has 132 valence electrons. The molecule has 2 aromatic rings. The first-order chi connectivity index (χ1) is 12.5. The van der Waals surface area contributed by atoms with Crippen LogP contribution >= 0.6 is 11.6 Å². The number of aliphatic imine (C=N–C) groups is 1. The Morgan fingerprint density at radius 1 is 0.962 bits per heavy atom. The van der Waals surface area contributed by atoms with Gasteiger partial charge in [-0.2, -0.15) is 0 Å². The molecule has 1 aliphatic carbocycles. The summed E-state index contributed by atoms with van der Waals surface area (Å²) < 4.78 is 0. The van der Waals surface area contributed by atoms with E-state index in [1.54, 1.807) is 7.05 Å². The topological polar surface area (TPSA) is 15.6 Å². The molecule has 0 saturated carbocycles. The van der Waals surface area contributed by atoms with Crippen molar-refractivity contribution in [3.8, 4) is 0 Å². The maximum atomic E-state index is 6.28. The van der Waals surface area contributed by atoms with Crippen LogP contribution in [0.1, 0.15) is 16.7 Å². The lowest BCUT2D eigenvalue weighted by molar-refractivity contribution is 1.13. The Balaban J connectivity index is 2.22. The molecule has 3 rings (SSSR count). The standard InChI is InChI=1S/C23H23ClN2/c1-16-14-21(26(3)4)12-13-22(16)23(18-6-5-7-19(24)15-18)17-8-10-20(25-2)11-9-17/h5-15H,1-4H3. The van der Waals surface area contributed by atoms with E-state index in [4.69, 9.17) is 11.6 Å². The van der Waals surface area contributed by atoms with Gasteiger partial charge in [-0.1, -0.05) is 42.0 Å². The fraction of sp³-hybridized carbons (Fsp3) is 0.174. The van der Waals surface area contributed by atoms with Crippen molar-refractivity contribution in [1.29, 1.82) is 0 Å². The minimum atomic E-state index is 0.739. The number of rotatable bonds is 3. The van der Waals surface area contributed by atoms with Crippen LogP contribution in [-0.4, -0.2) is 26.9 Å². The van der Waals surface area contributed by atoms with Gasteiger partial charge >= 0.3 is 0 Å². The van der Waals surface area contributed by atoms with E-state index in [1.165, 1.54) is 22.4 Å². The van der Waals surface area contributed by atoms with Crippen molar-refractivity contribution >= 4 is 28.6 Å². The van der Waals surface area contributed by atoms with E-state index in [1.807, 2.05) is 30.4 Å². The van der Waals surface area contributed by atoms with Crippen molar-refractivity contribution in [2.24, 2.45) is 4.99 Å². The third-order valence-electron chi connectivity index (χ3n) is 4.52. The molecule has 26 heavy (non-hydrogen) atoms. The van der Waals surface area contributed by atoms with Crippen molar-refractivity contribution in [3.05, 3.63) is 94.1 Å². The summed E-state index contributed by atoms with van der Waals surface area (Å²) in [6.45, 7) is 2.16. The molecule has 0 heterocycles. The molecule has 0 N–H and O–H groups in total. The summed E-state index contributed by atoms with van der Waals surface area (Å²) in [4.78, 5) is 6.36. The van der Waals surface area contributed by atoms with Crippen LogP contribution in [0.2, 0.25) is 5.02 Å². The molecule has 1 aliphatic rings. The van der Waals surface area contributed by atoms with Gasteiger partial charge in [0, 0.05) is 31.9 Å². The predicted octanol–water partition coefficient (Wildman–Crippen LogP) is 5.71. The van der Waals surface area contributed by atoms with Gasteiger partial charge in [0.15, 0.2) is 0 Å². The fourth-order valence-electron chi connectivity index (χ4n) is 3.11. The highest BCUT2D eigenvalue weighted by Crippen LogP contribution is 2.34. The van der Waals surface area contributed by atoms with Crippen LogP contribution in [0.3, 0.4) is 0 Å². The average molecular weight is 363 g/mol. The second kappa shape index (κ2) is 7.76. The van der Waals surface area contributed by atoms with Crippen molar-refractivity contribution in [1.82, 2.24) is 0 Å². The van der Waals surface area contributed by atoms with Gasteiger partial charge in [-0.05, 0) is 71.2 Å². The van der Waals surface area contributed by atoms with Crippen molar-refractivity contribution in [2.75, 3.05) is 26.0 Å². The Hall–Kier alpha value is -2.58. The van der Waals surface area contributed by atoms with Crippen LogP contribution in [0.15, 0.2) is 77.3 Å². The molecule has 3 heteroatoms. The Kier molecular flexibility index (Phi) is 5.43. The average Bonchev–Trinajstić information content (AvgIpc) is 2.64. The van der Waals surface area contributed by atoms with Gasteiger partial charge < -0.3 is 4.90 Å².